The van der Waals surface area contributed by atoms with Crippen molar-refractivity contribution in [3.05, 3.63) is 54.0 Å². The zero-order valence-corrected chi connectivity index (χ0v) is 14.6. The van der Waals surface area contributed by atoms with Crippen LogP contribution < -0.4 is 4.74 Å². The summed E-state index contributed by atoms with van der Waals surface area (Å²) in [6.45, 7) is 5.02. The van der Waals surface area contributed by atoms with Gasteiger partial charge in [-0.2, -0.15) is 0 Å². The summed E-state index contributed by atoms with van der Waals surface area (Å²) in [5.74, 6) is 0.504. The Balaban J connectivity index is 1.71. The van der Waals surface area contributed by atoms with Gasteiger partial charge in [0, 0.05) is 24.6 Å². The van der Waals surface area contributed by atoms with Gasteiger partial charge in [-0.3, -0.25) is 9.59 Å². The molecule has 0 radical (unpaired) electrons. The minimum Gasteiger partial charge on any atom is -0.491 e. The highest BCUT2D eigenvalue weighted by Crippen LogP contribution is 2.24. The molecule has 1 aromatic carbocycles. The second-order valence-electron chi connectivity index (χ2n) is 6.66. The third kappa shape index (κ3) is 4.10. The predicted octanol–water partition coefficient (Wildman–Crippen LogP) is 3.80. The van der Waals surface area contributed by atoms with Crippen molar-refractivity contribution in [1.29, 1.82) is 0 Å². The molecule has 1 aliphatic heterocycles. The number of ketones is 1. The number of rotatable bonds is 5. The molecule has 0 spiro atoms. The van der Waals surface area contributed by atoms with E-state index in [0.29, 0.717) is 30.0 Å². The molecule has 1 atom stereocenters. The highest BCUT2D eigenvalue weighted by Gasteiger charge is 2.30. The first-order valence-corrected chi connectivity index (χ1v) is 8.67. The van der Waals surface area contributed by atoms with E-state index in [2.05, 4.69) is 0 Å². The number of ether oxygens (including phenoxy) is 1. The fraction of sp³-hybridized carbons (Fsp3) is 0.400. The van der Waals surface area contributed by atoms with Gasteiger partial charge >= 0.3 is 0 Å². The smallest absolute Gasteiger partial charge is 0.257 e. The summed E-state index contributed by atoms with van der Waals surface area (Å²) in [7, 11) is 0. The van der Waals surface area contributed by atoms with E-state index in [1.54, 1.807) is 17.0 Å². The number of Topliss-reactive ketones (excluding diaryl/α,β-unsaturated/α-hetero) is 1. The largest absolute Gasteiger partial charge is 0.491 e. The Morgan fingerprint density at radius 3 is 2.80 bits per heavy atom. The lowest BCUT2D eigenvalue weighted by atomic mass is 9.89. The lowest BCUT2D eigenvalue weighted by Crippen LogP contribution is -2.42. The van der Waals surface area contributed by atoms with Gasteiger partial charge in [0.25, 0.3) is 5.91 Å². The summed E-state index contributed by atoms with van der Waals surface area (Å²) in [6.07, 6.45) is 4.61. The van der Waals surface area contributed by atoms with Gasteiger partial charge < -0.3 is 14.1 Å². The van der Waals surface area contributed by atoms with E-state index < -0.39 is 0 Å². The van der Waals surface area contributed by atoms with Crippen LogP contribution in [0.1, 0.15) is 47.4 Å². The van der Waals surface area contributed by atoms with Crippen molar-refractivity contribution >= 4 is 11.7 Å². The summed E-state index contributed by atoms with van der Waals surface area (Å²) in [5.41, 5.74) is 1.17. The maximum atomic E-state index is 12.9. The number of hydrogen-bond acceptors (Lipinski definition) is 4. The van der Waals surface area contributed by atoms with Gasteiger partial charge in [0.05, 0.1) is 17.9 Å². The number of furan rings is 1. The van der Waals surface area contributed by atoms with Crippen LogP contribution in [0.4, 0.5) is 0 Å². The van der Waals surface area contributed by atoms with E-state index in [1.165, 1.54) is 12.5 Å². The highest BCUT2D eigenvalue weighted by molar-refractivity contribution is 5.99. The van der Waals surface area contributed by atoms with Crippen LogP contribution in [0.15, 0.2) is 47.3 Å². The minimum atomic E-state index is -0.182. The predicted molar refractivity (Wildman–Crippen MR) is 93.9 cm³/mol. The maximum Gasteiger partial charge on any atom is 0.257 e. The molecule has 1 amide bonds. The molecule has 0 bridgehead atoms. The first-order valence-electron chi connectivity index (χ1n) is 8.67. The molecule has 2 aromatic rings. The molecule has 0 unspecified atom stereocenters. The fourth-order valence-electron chi connectivity index (χ4n) is 3.17. The lowest BCUT2D eigenvalue weighted by molar-refractivity contribution is 0.0636. The third-order valence-electron chi connectivity index (χ3n) is 4.34. The average molecular weight is 341 g/mol. The summed E-state index contributed by atoms with van der Waals surface area (Å²) < 4.78 is 10.7. The van der Waals surface area contributed by atoms with Crippen LogP contribution in [-0.2, 0) is 0 Å². The van der Waals surface area contributed by atoms with Crippen LogP contribution >= 0.6 is 0 Å². The molecule has 3 rings (SSSR count). The van der Waals surface area contributed by atoms with Crippen molar-refractivity contribution in [2.75, 3.05) is 13.1 Å². The molecule has 5 heteroatoms. The fourth-order valence-corrected chi connectivity index (χ4v) is 3.17. The van der Waals surface area contributed by atoms with Crippen LogP contribution in [0.5, 0.6) is 5.75 Å². The van der Waals surface area contributed by atoms with Crippen LogP contribution in [0, 0.1) is 5.92 Å². The zero-order valence-electron chi connectivity index (χ0n) is 14.6. The van der Waals surface area contributed by atoms with Crippen LogP contribution in [0.25, 0.3) is 0 Å². The van der Waals surface area contributed by atoms with Crippen molar-refractivity contribution in [2.45, 2.75) is 32.8 Å². The number of carbonyl (C=O) groups excluding carboxylic acids is 2. The number of piperidine rings is 1. The maximum absolute atomic E-state index is 12.9. The van der Waals surface area contributed by atoms with Crippen molar-refractivity contribution in [1.82, 2.24) is 4.90 Å². The first kappa shape index (κ1) is 17.3. The Morgan fingerprint density at radius 1 is 1.24 bits per heavy atom. The average Bonchev–Trinajstić information content (AvgIpc) is 3.15. The standard InChI is InChI=1S/C20H23NO4/c1-14(2)25-18-7-3-5-15(11-18)19(22)16-6-4-9-21(12-16)20(23)17-8-10-24-13-17/h3,5,7-8,10-11,13-14,16H,4,6,9,12H2,1-2H3/t16-/m1/s1. The topological polar surface area (TPSA) is 59.8 Å². The molecule has 2 heterocycles. The molecular formula is C20H23NO4. The van der Waals surface area contributed by atoms with Crippen molar-refractivity contribution in [2.24, 2.45) is 5.92 Å². The second kappa shape index (κ2) is 7.55. The molecule has 1 saturated heterocycles. The Hall–Kier alpha value is -2.56. The number of benzene rings is 1. The molecule has 1 fully saturated rings. The third-order valence-corrected chi connectivity index (χ3v) is 4.34. The molecule has 1 aromatic heterocycles. The number of hydrogen-bond donors (Lipinski definition) is 0. The quantitative estimate of drug-likeness (QED) is 0.776. The molecule has 0 N–H and O–H groups in total. The zero-order chi connectivity index (χ0) is 17.8. The van der Waals surface area contributed by atoms with Crippen LogP contribution in [0.2, 0.25) is 0 Å². The Morgan fingerprint density at radius 2 is 2.08 bits per heavy atom. The molecule has 1 aliphatic rings. The van der Waals surface area contributed by atoms with Gasteiger partial charge in [-0.1, -0.05) is 12.1 Å². The Kier molecular flexibility index (Phi) is 5.22. The highest BCUT2D eigenvalue weighted by atomic mass is 16.5. The number of likely N-dealkylation sites (tertiary alicyclic amines) is 1. The van der Waals surface area contributed by atoms with Crippen molar-refractivity contribution in [3.63, 3.8) is 0 Å². The lowest BCUT2D eigenvalue weighted by Gasteiger charge is -2.31. The van der Waals surface area contributed by atoms with Crippen LogP contribution in [-0.4, -0.2) is 35.8 Å². The van der Waals surface area contributed by atoms with E-state index in [0.717, 1.165) is 12.8 Å². The molecule has 132 valence electrons. The summed E-state index contributed by atoms with van der Waals surface area (Å²) in [6, 6.07) is 8.95. The van der Waals surface area contributed by atoms with Crippen LogP contribution in [0.3, 0.4) is 0 Å². The van der Waals surface area contributed by atoms with E-state index in [-0.39, 0.29) is 23.7 Å². The van der Waals surface area contributed by atoms with Gasteiger partial charge in [0.15, 0.2) is 5.78 Å². The van der Waals surface area contributed by atoms with Crippen molar-refractivity contribution in [3.8, 4) is 5.75 Å². The molecular weight excluding hydrogens is 318 g/mol. The van der Waals surface area contributed by atoms with E-state index in [9.17, 15) is 9.59 Å². The van der Waals surface area contributed by atoms with Gasteiger partial charge in [0.2, 0.25) is 0 Å². The van der Waals surface area contributed by atoms with Crippen molar-refractivity contribution < 1.29 is 18.7 Å². The number of carbonyl (C=O) groups is 2. The number of amides is 1. The normalized spacial score (nSPS) is 17.6. The molecule has 0 saturated carbocycles. The SMILES string of the molecule is CC(C)Oc1cccc(C(=O)[C@@H]2CCCN(C(=O)c3ccoc3)C2)c1. The van der Waals surface area contributed by atoms with E-state index >= 15 is 0 Å². The molecule has 0 aliphatic carbocycles. The second-order valence-corrected chi connectivity index (χ2v) is 6.66. The van der Waals surface area contributed by atoms with Gasteiger partial charge in [0.1, 0.15) is 12.0 Å². The van der Waals surface area contributed by atoms with Gasteiger partial charge in [-0.15, -0.1) is 0 Å². The number of nitrogens with zero attached hydrogens (tertiary/aromatic N) is 1. The molecule has 25 heavy (non-hydrogen) atoms. The molecule has 5 nitrogen and oxygen atoms in total. The van der Waals surface area contributed by atoms with E-state index in [1.807, 2.05) is 32.0 Å². The summed E-state index contributed by atoms with van der Waals surface area (Å²) in [5, 5.41) is 0. The Bertz CT molecular complexity index is 736. The van der Waals surface area contributed by atoms with E-state index in [4.69, 9.17) is 9.15 Å². The first-order chi connectivity index (χ1) is 12.0. The minimum absolute atomic E-state index is 0.0584. The summed E-state index contributed by atoms with van der Waals surface area (Å²) >= 11 is 0. The monoisotopic (exact) mass is 341 g/mol. The Labute approximate surface area is 147 Å². The summed E-state index contributed by atoms with van der Waals surface area (Å²) in [4.78, 5) is 27.1. The van der Waals surface area contributed by atoms with Gasteiger partial charge in [-0.25, -0.2) is 0 Å². The van der Waals surface area contributed by atoms with Gasteiger partial charge in [-0.05, 0) is 44.9 Å².